The summed E-state index contributed by atoms with van der Waals surface area (Å²) in [4.78, 5) is 17.8. The third-order valence-corrected chi connectivity index (χ3v) is 6.04. The van der Waals surface area contributed by atoms with E-state index in [-0.39, 0.29) is 23.6 Å². The van der Waals surface area contributed by atoms with E-state index in [0.29, 0.717) is 5.56 Å². The summed E-state index contributed by atoms with van der Waals surface area (Å²) >= 11 is 0. The molecule has 0 amide bonds. The van der Waals surface area contributed by atoms with Crippen molar-refractivity contribution in [1.82, 2.24) is 15.0 Å². The van der Waals surface area contributed by atoms with Crippen LogP contribution < -0.4 is 10.5 Å². The maximum Gasteiger partial charge on any atom is 0.469 e. The van der Waals surface area contributed by atoms with Gasteiger partial charge in [0.15, 0.2) is 0 Å². The number of nitrogens with zero attached hydrogens (tertiary/aromatic N) is 3. The molecule has 38 heavy (non-hydrogen) atoms. The monoisotopic (exact) mass is 548 g/mol. The van der Waals surface area contributed by atoms with E-state index in [2.05, 4.69) is 14.8 Å². The average Bonchev–Trinajstić information content (AvgIpc) is 3.38. The number of alkyl halides is 3. The summed E-state index contributed by atoms with van der Waals surface area (Å²) in [6.07, 6.45) is -3.45. The number of hydrogen-bond donors (Lipinski definition) is 3. The van der Waals surface area contributed by atoms with E-state index in [9.17, 15) is 17.7 Å². The summed E-state index contributed by atoms with van der Waals surface area (Å²) in [6, 6.07) is 20.5. The van der Waals surface area contributed by atoms with Gasteiger partial charge in [-0.3, -0.25) is 4.52 Å². The average molecular weight is 548 g/mol. The first kappa shape index (κ1) is 27.5. The van der Waals surface area contributed by atoms with E-state index in [1.54, 1.807) is 12.1 Å². The van der Waals surface area contributed by atoms with Crippen LogP contribution in [0, 0.1) is 0 Å². The van der Waals surface area contributed by atoms with E-state index >= 15 is 0 Å². The highest BCUT2D eigenvalue weighted by Crippen LogP contribution is 2.39. The number of phosphoric ester groups is 1. The number of rotatable bonds is 9. The molecule has 1 heterocycles. The van der Waals surface area contributed by atoms with Crippen LogP contribution in [-0.2, 0) is 27.5 Å². The molecule has 0 aliphatic rings. The number of hydrogen-bond acceptors (Lipinski definition) is 6. The van der Waals surface area contributed by atoms with Crippen molar-refractivity contribution in [3.8, 4) is 28.1 Å². The van der Waals surface area contributed by atoms with Gasteiger partial charge in [-0.1, -0.05) is 59.8 Å². The normalized spacial score (nSPS) is 13.8. The van der Waals surface area contributed by atoms with Crippen LogP contribution in [0.1, 0.15) is 18.1 Å². The number of halogens is 3. The fraction of sp³-hybridized carbons (Fsp3) is 0.200. The highest BCUT2D eigenvalue weighted by molar-refractivity contribution is 7.46. The molecule has 0 saturated heterocycles. The Kier molecular flexibility index (Phi) is 7.73. The molecule has 4 rings (SSSR count). The topological polar surface area (TPSA) is 133 Å². The molecule has 0 aliphatic carbocycles. The predicted octanol–water partition coefficient (Wildman–Crippen LogP) is 4.95. The van der Waals surface area contributed by atoms with Gasteiger partial charge in [-0.05, 0) is 41.8 Å². The fourth-order valence-corrected chi connectivity index (χ4v) is 3.98. The second-order valence-corrected chi connectivity index (χ2v) is 9.97. The smallest absolute Gasteiger partial charge is 0.469 e. The lowest BCUT2D eigenvalue weighted by Gasteiger charge is -2.24. The molecule has 4 aromatic rings. The van der Waals surface area contributed by atoms with Gasteiger partial charge >= 0.3 is 14.0 Å². The molecular formula is C25H24F3N4O5P. The quantitative estimate of drug-likeness (QED) is 0.250. The van der Waals surface area contributed by atoms with Crippen LogP contribution >= 0.6 is 7.82 Å². The van der Waals surface area contributed by atoms with Gasteiger partial charge in [0.05, 0.1) is 18.4 Å². The number of phosphoric acid groups is 1. The minimum atomic E-state index is -4.79. The minimum absolute atomic E-state index is 0.0615. The van der Waals surface area contributed by atoms with Crippen LogP contribution in [0.3, 0.4) is 0 Å². The van der Waals surface area contributed by atoms with Gasteiger partial charge in [0, 0.05) is 5.56 Å². The highest BCUT2D eigenvalue weighted by Gasteiger charge is 2.35. The third kappa shape index (κ3) is 6.85. The van der Waals surface area contributed by atoms with Crippen molar-refractivity contribution >= 4 is 7.82 Å². The van der Waals surface area contributed by atoms with Crippen LogP contribution in [0.15, 0.2) is 79.0 Å². The number of ether oxygens (including phenoxy) is 1. The van der Waals surface area contributed by atoms with Crippen LogP contribution in [0.5, 0.6) is 5.75 Å². The molecule has 0 fully saturated rings. The Morgan fingerprint density at radius 2 is 1.61 bits per heavy atom. The predicted molar refractivity (Wildman–Crippen MR) is 133 cm³/mol. The van der Waals surface area contributed by atoms with Crippen molar-refractivity contribution in [3.63, 3.8) is 0 Å². The van der Waals surface area contributed by atoms with Crippen molar-refractivity contribution in [2.45, 2.75) is 25.4 Å². The lowest BCUT2D eigenvalue weighted by atomic mass is 10.0. The number of benzene rings is 3. The summed E-state index contributed by atoms with van der Waals surface area (Å²) in [5, 5.41) is 7.63. The maximum absolute atomic E-state index is 13.9. The summed E-state index contributed by atoms with van der Waals surface area (Å²) in [5.41, 5.74) is 6.32. The summed E-state index contributed by atoms with van der Waals surface area (Å²) in [7, 11) is -4.79. The summed E-state index contributed by atoms with van der Waals surface area (Å²) in [6.45, 7) is 0.678. The maximum atomic E-state index is 13.9. The van der Waals surface area contributed by atoms with Crippen molar-refractivity contribution < 1.29 is 36.8 Å². The van der Waals surface area contributed by atoms with Gasteiger partial charge < -0.3 is 20.3 Å². The van der Waals surface area contributed by atoms with E-state index in [1.807, 2.05) is 42.5 Å². The van der Waals surface area contributed by atoms with Gasteiger partial charge in [-0.2, -0.15) is 13.2 Å². The van der Waals surface area contributed by atoms with Crippen molar-refractivity contribution in [2.75, 3.05) is 6.61 Å². The Morgan fingerprint density at radius 3 is 2.24 bits per heavy atom. The molecule has 0 unspecified atom stereocenters. The Balaban J connectivity index is 1.52. The molecule has 0 spiro atoms. The highest BCUT2D eigenvalue weighted by atomic mass is 31.2. The first-order chi connectivity index (χ1) is 17.8. The van der Waals surface area contributed by atoms with Crippen LogP contribution in [0.25, 0.3) is 22.4 Å². The minimum Gasteiger partial charge on any atom is -0.488 e. The second-order valence-electron chi connectivity index (χ2n) is 8.73. The number of nitrogens with two attached hydrogens (primary N) is 1. The van der Waals surface area contributed by atoms with E-state index in [4.69, 9.17) is 20.3 Å². The molecular weight excluding hydrogens is 524 g/mol. The van der Waals surface area contributed by atoms with Gasteiger partial charge in [0.1, 0.15) is 23.7 Å². The SMILES string of the molecule is C[C@](N)(COP(=O)(O)O)n1cc(-c2ccc(OCc3ccc(-c4ccccc4)cc3)c(C(F)(F)F)c2)nn1. The fourth-order valence-electron chi connectivity index (χ4n) is 3.55. The lowest BCUT2D eigenvalue weighted by molar-refractivity contribution is -0.139. The van der Waals surface area contributed by atoms with Crippen LogP contribution in [0.2, 0.25) is 0 Å². The molecule has 13 heteroatoms. The standard InChI is InChI=1S/C25H24F3N4O5P/c1-24(29,16-37-38(33,34)35)32-14-22(30-31-32)20-11-12-23(21(13-20)25(26,27)28)36-15-17-7-9-19(10-8-17)18-5-3-2-4-6-18/h2-14H,15-16,29H2,1H3,(H2,33,34,35)/t24-/m1/s1. The van der Waals surface area contributed by atoms with E-state index in [0.717, 1.165) is 21.9 Å². The molecule has 0 saturated carbocycles. The Hall–Kier alpha value is -3.54. The molecule has 0 bridgehead atoms. The van der Waals surface area contributed by atoms with Crippen LogP contribution in [0.4, 0.5) is 13.2 Å². The zero-order chi connectivity index (χ0) is 27.6. The van der Waals surface area contributed by atoms with Crippen LogP contribution in [-0.4, -0.2) is 31.4 Å². The van der Waals surface area contributed by atoms with Crippen molar-refractivity contribution in [3.05, 3.63) is 90.1 Å². The van der Waals surface area contributed by atoms with Crippen molar-refractivity contribution in [2.24, 2.45) is 5.73 Å². The molecule has 9 nitrogen and oxygen atoms in total. The van der Waals surface area contributed by atoms with Gasteiger partial charge in [0.25, 0.3) is 0 Å². The Morgan fingerprint density at radius 1 is 0.974 bits per heavy atom. The Bertz CT molecular complexity index is 1440. The van der Waals surface area contributed by atoms with E-state index < -0.39 is 31.8 Å². The van der Waals surface area contributed by atoms with Gasteiger partial charge in [-0.15, -0.1) is 5.10 Å². The summed E-state index contributed by atoms with van der Waals surface area (Å²) < 4.78 is 63.6. The largest absolute Gasteiger partial charge is 0.488 e. The molecule has 1 aromatic heterocycles. The first-order valence-corrected chi connectivity index (χ1v) is 12.8. The Labute approximate surface area is 215 Å². The third-order valence-electron chi connectivity index (χ3n) is 5.58. The molecule has 0 aliphatic heterocycles. The van der Waals surface area contributed by atoms with Crippen molar-refractivity contribution in [1.29, 1.82) is 0 Å². The molecule has 3 aromatic carbocycles. The first-order valence-electron chi connectivity index (χ1n) is 11.2. The van der Waals surface area contributed by atoms with Gasteiger partial charge in [-0.25, -0.2) is 9.25 Å². The summed E-state index contributed by atoms with van der Waals surface area (Å²) in [5.74, 6) is -0.348. The molecule has 4 N–H and O–H groups in total. The number of aromatic nitrogens is 3. The zero-order valence-corrected chi connectivity index (χ0v) is 20.9. The molecule has 1 atom stereocenters. The lowest BCUT2D eigenvalue weighted by Crippen LogP contribution is -2.44. The van der Waals surface area contributed by atoms with E-state index in [1.165, 1.54) is 25.3 Å². The zero-order valence-electron chi connectivity index (χ0n) is 20.0. The van der Waals surface area contributed by atoms with Gasteiger partial charge in [0.2, 0.25) is 0 Å². The second kappa shape index (κ2) is 10.7. The molecule has 200 valence electrons. The molecule has 0 radical (unpaired) electrons.